The van der Waals surface area contributed by atoms with Crippen LogP contribution in [0.1, 0.15) is 11.1 Å². The Morgan fingerprint density at radius 2 is 1.14 bits per heavy atom. The topological polar surface area (TPSA) is 0 Å². The first kappa shape index (κ1) is 20.0. The first-order valence-electron chi connectivity index (χ1n) is 12.5. The summed E-state index contributed by atoms with van der Waals surface area (Å²) in [5.41, 5.74) is 10.8. The van der Waals surface area contributed by atoms with Crippen LogP contribution in [0.5, 0.6) is 0 Å². The van der Waals surface area contributed by atoms with E-state index in [0.29, 0.717) is 0 Å². The van der Waals surface area contributed by atoms with E-state index < -0.39 is 0 Å². The van der Waals surface area contributed by atoms with Crippen molar-refractivity contribution >= 4 is 42.3 Å². The predicted molar refractivity (Wildman–Crippen MR) is 156 cm³/mol. The number of benzene rings is 6. The fraction of sp³-hybridized carbons (Fsp3) is 0.0286. The van der Waals surface area contributed by atoms with Crippen LogP contribution in [0.4, 0.5) is 0 Å². The van der Waals surface area contributed by atoms with Crippen LogP contribution < -0.4 is 0 Å². The molecule has 0 atom stereocenters. The molecular formula is C35H22S. The monoisotopic (exact) mass is 474 g/mol. The molecule has 1 aliphatic carbocycles. The van der Waals surface area contributed by atoms with Crippen LogP contribution in [0, 0.1) is 0 Å². The summed E-state index contributed by atoms with van der Waals surface area (Å²) in [6, 6.07) is 44.8. The van der Waals surface area contributed by atoms with E-state index in [9.17, 15) is 0 Å². The normalized spacial score (nSPS) is 12.3. The van der Waals surface area contributed by atoms with Gasteiger partial charge < -0.3 is 0 Å². The summed E-state index contributed by atoms with van der Waals surface area (Å²) in [5, 5.41) is 5.43. The van der Waals surface area contributed by atoms with E-state index in [-0.39, 0.29) is 0 Å². The highest BCUT2D eigenvalue weighted by Gasteiger charge is 2.21. The van der Waals surface area contributed by atoms with Crippen molar-refractivity contribution in [1.82, 2.24) is 0 Å². The summed E-state index contributed by atoms with van der Waals surface area (Å²) in [7, 11) is 0. The molecule has 1 heteroatoms. The molecule has 0 nitrogen and oxygen atoms in total. The van der Waals surface area contributed by atoms with Gasteiger partial charge >= 0.3 is 0 Å². The summed E-state index contributed by atoms with van der Waals surface area (Å²) in [5.74, 6) is 0. The van der Waals surface area contributed by atoms with E-state index in [2.05, 4.69) is 121 Å². The lowest BCUT2D eigenvalue weighted by atomic mass is 9.96. The lowest BCUT2D eigenvalue weighted by molar-refractivity contribution is 1.27. The third-order valence-electron chi connectivity index (χ3n) is 7.67. The molecule has 0 aliphatic heterocycles. The molecular weight excluding hydrogens is 452 g/mol. The maximum Gasteiger partial charge on any atom is 0.0433 e. The molecule has 0 saturated heterocycles. The molecule has 0 bridgehead atoms. The molecule has 36 heavy (non-hydrogen) atoms. The largest absolute Gasteiger partial charge is 0.135 e. The number of rotatable bonds is 2. The van der Waals surface area contributed by atoms with Gasteiger partial charge in [-0.05, 0) is 92.0 Å². The Hall–Kier alpha value is -4.20. The summed E-state index contributed by atoms with van der Waals surface area (Å²) in [6.07, 6.45) is 1.01. The van der Waals surface area contributed by atoms with Crippen LogP contribution in [0.3, 0.4) is 0 Å². The van der Waals surface area contributed by atoms with Crippen LogP contribution in [0.2, 0.25) is 0 Å². The van der Waals surface area contributed by atoms with Crippen LogP contribution >= 0.6 is 11.3 Å². The highest BCUT2D eigenvalue weighted by atomic mass is 32.1. The fourth-order valence-corrected chi connectivity index (χ4v) is 7.06. The van der Waals surface area contributed by atoms with Crippen molar-refractivity contribution in [1.29, 1.82) is 0 Å². The van der Waals surface area contributed by atoms with Crippen molar-refractivity contribution in [2.24, 2.45) is 0 Å². The zero-order valence-corrected chi connectivity index (χ0v) is 20.5. The lowest BCUT2D eigenvalue weighted by Crippen LogP contribution is -1.82. The summed E-state index contributed by atoms with van der Waals surface area (Å²) < 4.78 is 2.75. The zero-order valence-electron chi connectivity index (χ0n) is 19.7. The van der Waals surface area contributed by atoms with Gasteiger partial charge in [0.05, 0.1) is 0 Å². The number of hydrogen-bond donors (Lipinski definition) is 0. The van der Waals surface area contributed by atoms with Crippen molar-refractivity contribution in [3.63, 3.8) is 0 Å². The Morgan fingerprint density at radius 1 is 0.444 bits per heavy atom. The molecule has 1 heterocycles. The van der Waals surface area contributed by atoms with Gasteiger partial charge in [0, 0.05) is 20.2 Å². The Morgan fingerprint density at radius 3 is 1.92 bits per heavy atom. The summed E-state index contributed by atoms with van der Waals surface area (Å²) in [4.78, 5) is 0. The summed E-state index contributed by atoms with van der Waals surface area (Å²) >= 11 is 1.92. The highest BCUT2D eigenvalue weighted by molar-refractivity contribution is 7.26. The van der Waals surface area contributed by atoms with Crippen molar-refractivity contribution in [3.8, 4) is 33.4 Å². The van der Waals surface area contributed by atoms with Gasteiger partial charge in [0.25, 0.3) is 0 Å². The molecule has 0 fully saturated rings. The van der Waals surface area contributed by atoms with Gasteiger partial charge in [-0.1, -0.05) is 91.0 Å². The van der Waals surface area contributed by atoms with E-state index in [1.807, 2.05) is 11.3 Å². The smallest absolute Gasteiger partial charge is 0.0433 e. The minimum atomic E-state index is 1.01. The summed E-state index contributed by atoms with van der Waals surface area (Å²) in [6.45, 7) is 0. The van der Waals surface area contributed by atoms with Gasteiger partial charge in [-0.2, -0.15) is 0 Å². The van der Waals surface area contributed by atoms with E-state index >= 15 is 0 Å². The molecule has 8 rings (SSSR count). The average Bonchev–Trinajstić information content (AvgIpc) is 3.50. The maximum atomic E-state index is 2.46. The molecule has 168 valence electrons. The second kappa shape index (κ2) is 7.65. The first-order chi connectivity index (χ1) is 17.8. The van der Waals surface area contributed by atoms with E-state index in [1.165, 1.54) is 75.5 Å². The molecule has 1 aromatic heterocycles. The average molecular weight is 475 g/mol. The molecule has 0 unspecified atom stereocenters. The second-order valence-corrected chi connectivity index (χ2v) is 10.8. The van der Waals surface area contributed by atoms with Crippen LogP contribution in [0.25, 0.3) is 64.3 Å². The van der Waals surface area contributed by atoms with Crippen molar-refractivity contribution in [2.45, 2.75) is 6.42 Å². The van der Waals surface area contributed by atoms with Crippen LogP contribution in [-0.4, -0.2) is 0 Å². The van der Waals surface area contributed by atoms with Gasteiger partial charge in [0.15, 0.2) is 0 Å². The van der Waals surface area contributed by atoms with Gasteiger partial charge in [-0.25, -0.2) is 0 Å². The van der Waals surface area contributed by atoms with Gasteiger partial charge in [0.1, 0.15) is 0 Å². The Bertz CT molecular complexity index is 1940. The fourth-order valence-electron chi connectivity index (χ4n) is 5.85. The Balaban J connectivity index is 1.30. The van der Waals surface area contributed by atoms with Crippen molar-refractivity contribution < 1.29 is 0 Å². The Kier molecular flexibility index (Phi) is 4.26. The number of hydrogen-bond acceptors (Lipinski definition) is 1. The van der Waals surface area contributed by atoms with Crippen LogP contribution in [0.15, 0.2) is 121 Å². The zero-order chi connectivity index (χ0) is 23.6. The molecule has 6 aromatic carbocycles. The third kappa shape index (κ3) is 3.00. The third-order valence-corrected chi connectivity index (χ3v) is 8.89. The SMILES string of the molecule is c1ccc(-c2ccc3c(c2)-c2cc4ccc5c6cc(-c7ccccc7)ccc6sc5c4cc2C3)cc1. The van der Waals surface area contributed by atoms with E-state index in [4.69, 9.17) is 0 Å². The van der Waals surface area contributed by atoms with E-state index in [1.54, 1.807) is 0 Å². The molecule has 0 radical (unpaired) electrons. The molecule has 1 aliphatic rings. The minimum absolute atomic E-state index is 1.01. The maximum absolute atomic E-state index is 2.46. The van der Waals surface area contributed by atoms with Gasteiger partial charge in [0.2, 0.25) is 0 Å². The van der Waals surface area contributed by atoms with Gasteiger partial charge in [-0.15, -0.1) is 11.3 Å². The molecule has 0 saturated carbocycles. The second-order valence-electron chi connectivity index (χ2n) is 9.77. The lowest BCUT2D eigenvalue weighted by Gasteiger charge is -2.08. The molecule has 7 aromatic rings. The molecule has 0 amide bonds. The quantitative estimate of drug-likeness (QED) is 0.234. The highest BCUT2D eigenvalue weighted by Crippen LogP contribution is 2.45. The predicted octanol–water partition coefficient (Wildman–Crippen LogP) is 10.1. The Labute approximate surface area is 214 Å². The molecule has 0 N–H and O–H groups in total. The number of thiophene rings is 1. The minimum Gasteiger partial charge on any atom is -0.135 e. The standard InChI is InChI=1S/C35H22S/c1-3-7-22(8-4-1)24-11-12-26-17-28-21-32-27(20-31(28)30(26)18-24)13-15-29-33-19-25(23-9-5-2-6-10-23)14-16-34(33)36-35(29)32/h1-16,18-21H,17H2. The van der Waals surface area contributed by atoms with Crippen molar-refractivity contribution in [2.75, 3.05) is 0 Å². The van der Waals surface area contributed by atoms with E-state index in [0.717, 1.165) is 6.42 Å². The molecule has 0 spiro atoms. The van der Waals surface area contributed by atoms with Crippen LogP contribution in [-0.2, 0) is 6.42 Å². The van der Waals surface area contributed by atoms with Crippen molar-refractivity contribution in [3.05, 3.63) is 132 Å². The van der Waals surface area contributed by atoms with Gasteiger partial charge in [-0.3, -0.25) is 0 Å². The number of fused-ring (bicyclic) bond motifs is 8. The first-order valence-corrected chi connectivity index (χ1v) is 13.3.